The van der Waals surface area contributed by atoms with Gasteiger partial charge in [0.05, 0.1) is 21.3 Å². The predicted molar refractivity (Wildman–Crippen MR) is 105 cm³/mol. The Balaban J connectivity index is 2.40. The van der Waals surface area contributed by atoms with Crippen LogP contribution >= 0.6 is 23.2 Å². The normalized spacial score (nSPS) is 10.7. The van der Waals surface area contributed by atoms with E-state index in [-0.39, 0.29) is 5.57 Å². The van der Waals surface area contributed by atoms with Crippen LogP contribution in [0.1, 0.15) is 5.56 Å². The molecule has 0 saturated carbocycles. The lowest BCUT2D eigenvalue weighted by Crippen LogP contribution is -2.13. The fraction of sp³-hybridized carbons (Fsp3) is 0.158. The molecule has 0 fully saturated rings. The zero-order valence-corrected chi connectivity index (χ0v) is 16.3. The first-order chi connectivity index (χ1) is 12.9. The number of ether oxygens (including phenoxy) is 3. The minimum Gasteiger partial charge on any atom is -0.496 e. The second-order valence-corrected chi connectivity index (χ2v) is 6.10. The van der Waals surface area contributed by atoms with Gasteiger partial charge in [0.2, 0.25) is 0 Å². The predicted octanol–water partition coefficient (Wildman–Crippen LogP) is 4.56. The number of anilines is 1. The molecule has 6 nitrogen and oxygen atoms in total. The third-order valence-electron chi connectivity index (χ3n) is 3.52. The Morgan fingerprint density at radius 2 is 1.52 bits per heavy atom. The fourth-order valence-corrected chi connectivity index (χ4v) is 2.82. The van der Waals surface area contributed by atoms with Gasteiger partial charge in [-0.15, -0.1) is 0 Å². The third kappa shape index (κ3) is 5.07. The summed E-state index contributed by atoms with van der Waals surface area (Å²) in [4.78, 5) is 12.5. The first-order valence-corrected chi connectivity index (χ1v) is 8.36. The number of rotatable bonds is 6. The van der Waals surface area contributed by atoms with E-state index in [4.69, 9.17) is 37.4 Å². The summed E-state index contributed by atoms with van der Waals surface area (Å²) in [5, 5.41) is 12.7. The molecule has 0 aromatic heterocycles. The maximum Gasteiger partial charge on any atom is 0.266 e. The second kappa shape index (κ2) is 9.17. The number of hydrogen-bond donors (Lipinski definition) is 1. The summed E-state index contributed by atoms with van der Waals surface area (Å²) < 4.78 is 15.8. The topological polar surface area (TPSA) is 80.6 Å². The Morgan fingerprint density at radius 1 is 0.963 bits per heavy atom. The standard InChI is InChI=1S/C19H16Cl2N2O4/c1-25-16-9-18(27-3)17(26-2)5-11(16)4-12(10-22)19(24)23-15-7-13(20)6-14(21)8-15/h4-9H,1-3H3,(H,23,24)/b12-4+. The van der Waals surface area contributed by atoms with Crippen LogP contribution in [-0.2, 0) is 4.79 Å². The van der Waals surface area contributed by atoms with Crippen LogP contribution in [0.25, 0.3) is 6.08 Å². The number of halogens is 2. The highest BCUT2D eigenvalue weighted by Gasteiger charge is 2.15. The molecule has 0 spiro atoms. The van der Waals surface area contributed by atoms with Gasteiger partial charge < -0.3 is 19.5 Å². The molecule has 0 aliphatic carbocycles. The molecule has 140 valence electrons. The van der Waals surface area contributed by atoms with Crippen LogP contribution < -0.4 is 19.5 Å². The molecule has 1 N–H and O–H groups in total. The van der Waals surface area contributed by atoms with Gasteiger partial charge in [0, 0.05) is 27.4 Å². The molecule has 0 saturated heterocycles. The van der Waals surface area contributed by atoms with E-state index in [0.717, 1.165) is 0 Å². The van der Waals surface area contributed by atoms with Crippen molar-refractivity contribution >= 4 is 40.9 Å². The summed E-state index contributed by atoms with van der Waals surface area (Å²) in [5.74, 6) is 0.693. The van der Waals surface area contributed by atoms with Crippen LogP contribution in [0.3, 0.4) is 0 Å². The molecule has 0 unspecified atom stereocenters. The van der Waals surface area contributed by atoms with E-state index in [9.17, 15) is 10.1 Å². The van der Waals surface area contributed by atoms with Crippen molar-refractivity contribution in [2.24, 2.45) is 0 Å². The molecule has 0 aliphatic heterocycles. The maximum atomic E-state index is 12.5. The first kappa shape index (κ1) is 20.4. The maximum absolute atomic E-state index is 12.5. The average Bonchev–Trinajstić information content (AvgIpc) is 2.64. The van der Waals surface area contributed by atoms with Crippen molar-refractivity contribution in [2.75, 3.05) is 26.6 Å². The summed E-state index contributed by atoms with van der Waals surface area (Å²) >= 11 is 11.8. The summed E-state index contributed by atoms with van der Waals surface area (Å²) in [5.41, 5.74) is 0.709. The molecule has 1 amide bonds. The zero-order chi connectivity index (χ0) is 20.0. The molecule has 0 heterocycles. The molecule has 0 radical (unpaired) electrons. The van der Waals surface area contributed by atoms with Gasteiger partial charge >= 0.3 is 0 Å². The highest BCUT2D eigenvalue weighted by Crippen LogP contribution is 2.35. The van der Waals surface area contributed by atoms with Crippen molar-refractivity contribution in [1.82, 2.24) is 0 Å². The molecule has 0 atom stereocenters. The molecule has 0 aliphatic rings. The molecular formula is C19H16Cl2N2O4. The van der Waals surface area contributed by atoms with Crippen LogP contribution in [0.4, 0.5) is 5.69 Å². The Morgan fingerprint density at radius 3 is 2.04 bits per heavy atom. The Hall–Kier alpha value is -2.88. The number of carbonyl (C=O) groups excluding carboxylic acids is 1. The summed E-state index contributed by atoms with van der Waals surface area (Å²) in [6.45, 7) is 0. The van der Waals surface area contributed by atoms with E-state index in [1.807, 2.05) is 6.07 Å². The number of nitriles is 1. The second-order valence-electron chi connectivity index (χ2n) is 5.23. The van der Waals surface area contributed by atoms with Crippen LogP contribution in [0, 0.1) is 11.3 Å². The van der Waals surface area contributed by atoms with Crippen molar-refractivity contribution in [3.05, 3.63) is 51.5 Å². The monoisotopic (exact) mass is 406 g/mol. The van der Waals surface area contributed by atoms with E-state index in [1.165, 1.54) is 45.6 Å². The molecule has 2 rings (SSSR count). The Labute approximate surface area is 166 Å². The van der Waals surface area contributed by atoms with Gasteiger partial charge in [-0.05, 0) is 30.3 Å². The van der Waals surface area contributed by atoms with Crippen molar-refractivity contribution in [3.8, 4) is 23.3 Å². The largest absolute Gasteiger partial charge is 0.496 e. The van der Waals surface area contributed by atoms with Gasteiger partial charge in [0.25, 0.3) is 5.91 Å². The molecule has 2 aromatic carbocycles. The van der Waals surface area contributed by atoms with Crippen molar-refractivity contribution in [2.45, 2.75) is 0 Å². The smallest absolute Gasteiger partial charge is 0.266 e. The van der Waals surface area contributed by atoms with Crippen molar-refractivity contribution in [1.29, 1.82) is 5.26 Å². The lowest BCUT2D eigenvalue weighted by atomic mass is 10.1. The van der Waals surface area contributed by atoms with Gasteiger partial charge in [-0.25, -0.2) is 0 Å². The van der Waals surface area contributed by atoms with Crippen LogP contribution in [0.15, 0.2) is 35.9 Å². The first-order valence-electron chi connectivity index (χ1n) is 7.61. The van der Waals surface area contributed by atoms with Crippen LogP contribution in [0.5, 0.6) is 17.2 Å². The molecule has 2 aromatic rings. The van der Waals surface area contributed by atoms with Crippen LogP contribution in [-0.4, -0.2) is 27.2 Å². The molecule has 27 heavy (non-hydrogen) atoms. The van der Waals surface area contributed by atoms with Crippen molar-refractivity contribution in [3.63, 3.8) is 0 Å². The number of benzene rings is 2. The van der Waals surface area contributed by atoms with Gasteiger partial charge in [-0.1, -0.05) is 23.2 Å². The number of carbonyl (C=O) groups is 1. The third-order valence-corrected chi connectivity index (χ3v) is 3.96. The fourth-order valence-electron chi connectivity index (χ4n) is 2.29. The van der Waals surface area contributed by atoms with E-state index in [2.05, 4.69) is 5.32 Å². The molecule has 0 bridgehead atoms. The van der Waals surface area contributed by atoms with Gasteiger partial charge in [0.15, 0.2) is 11.5 Å². The Bertz CT molecular complexity index is 916. The highest BCUT2D eigenvalue weighted by atomic mass is 35.5. The van der Waals surface area contributed by atoms with Crippen molar-refractivity contribution < 1.29 is 19.0 Å². The minimum absolute atomic E-state index is 0.142. The average molecular weight is 407 g/mol. The Kier molecular flexibility index (Phi) is 6.94. The van der Waals surface area contributed by atoms with E-state index < -0.39 is 5.91 Å². The van der Waals surface area contributed by atoms with Crippen LogP contribution in [0.2, 0.25) is 10.0 Å². The number of amides is 1. The highest BCUT2D eigenvalue weighted by molar-refractivity contribution is 6.35. The minimum atomic E-state index is -0.618. The lowest BCUT2D eigenvalue weighted by molar-refractivity contribution is -0.112. The molecule has 8 heteroatoms. The van der Waals surface area contributed by atoms with Gasteiger partial charge in [-0.3, -0.25) is 4.79 Å². The molecular weight excluding hydrogens is 391 g/mol. The number of nitrogens with one attached hydrogen (secondary N) is 1. The zero-order valence-electron chi connectivity index (χ0n) is 14.8. The quantitative estimate of drug-likeness (QED) is 0.561. The summed E-state index contributed by atoms with van der Waals surface area (Å²) in [6.07, 6.45) is 1.39. The SMILES string of the molecule is COc1cc(OC)c(OC)cc1/C=C(\C#N)C(=O)Nc1cc(Cl)cc(Cl)c1. The van der Waals surface area contributed by atoms with E-state index >= 15 is 0 Å². The van der Waals surface area contributed by atoms with E-state index in [1.54, 1.807) is 12.1 Å². The van der Waals surface area contributed by atoms with E-state index in [0.29, 0.717) is 38.5 Å². The number of nitrogens with zero attached hydrogens (tertiary/aromatic N) is 1. The summed E-state index contributed by atoms with van der Waals surface area (Å²) in [6, 6.07) is 9.67. The van der Waals surface area contributed by atoms with Gasteiger partial charge in [0.1, 0.15) is 17.4 Å². The number of methoxy groups -OCH3 is 3. The number of hydrogen-bond acceptors (Lipinski definition) is 5. The lowest BCUT2D eigenvalue weighted by Gasteiger charge is -2.12. The van der Waals surface area contributed by atoms with Gasteiger partial charge in [-0.2, -0.15) is 5.26 Å². The summed E-state index contributed by atoms with van der Waals surface area (Å²) in [7, 11) is 4.45.